The summed E-state index contributed by atoms with van der Waals surface area (Å²) in [6.45, 7) is 1.05. The Morgan fingerprint density at radius 3 is 2.94 bits per heavy atom. The van der Waals surface area contributed by atoms with E-state index in [4.69, 9.17) is 9.52 Å². The minimum absolute atomic E-state index is 0.0321. The van der Waals surface area contributed by atoms with Gasteiger partial charge in [0.25, 0.3) is 5.91 Å². The molecule has 2 rings (SSSR count). The van der Waals surface area contributed by atoms with Crippen LogP contribution in [-0.2, 0) is 0 Å². The van der Waals surface area contributed by atoms with Crippen LogP contribution in [0.1, 0.15) is 17.0 Å². The first-order valence-electron chi connectivity index (χ1n) is 5.26. The van der Waals surface area contributed by atoms with E-state index in [-0.39, 0.29) is 24.2 Å². The van der Waals surface area contributed by atoms with Crippen molar-refractivity contribution in [1.29, 1.82) is 0 Å². The third kappa shape index (κ3) is 2.28. The van der Waals surface area contributed by atoms with E-state index in [9.17, 15) is 14.9 Å². The van der Waals surface area contributed by atoms with Gasteiger partial charge in [-0.1, -0.05) is 0 Å². The monoisotopic (exact) mass is 240 g/mol. The van der Waals surface area contributed by atoms with E-state index in [0.29, 0.717) is 13.1 Å². The predicted molar refractivity (Wildman–Crippen MR) is 56.5 cm³/mol. The summed E-state index contributed by atoms with van der Waals surface area (Å²) in [6.07, 6.45) is 0.741. The molecule has 0 spiro atoms. The highest BCUT2D eigenvalue weighted by Crippen LogP contribution is 2.21. The van der Waals surface area contributed by atoms with Crippen molar-refractivity contribution in [2.75, 3.05) is 19.7 Å². The Morgan fingerprint density at radius 2 is 2.41 bits per heavy atom. The zero-order valence-corrected chi connectivity index (χ0v) is 9.04. The topological polar surface area (TPSA) is 96.8 Å². The van der Waals surface area contributed by atoms with Crippen LogP contribution in [0.15, 0.2) is 16.5 Å². The highest BCUT2D eigenvalue weighted by atomic mass is 16.6. The summed E-state index contributed by atoms with van der Waals surface area (Å²) < 4.78 is 4.84. The zero-order valence-electron chi connectivity index (χ0n) is 9.04. The summed E-state index contributed by atoms with van der Waals surface area (Å²) in [6, 6.07) is 2.46. The van der Waals surface area contributed by atoms with Gasteiger partial charge in [0.2, 0.25) is 0 Å². The number of nitrogens with zero attached hydrogens (tertiary/aromatic N) is 2. The van der Waals surface area contributed by atoms with E-state index in [1.165, 1.54) is 11.0 Å². The molecule has 1 amide bonds. The second-order valence-electron chi connectivity index (χ2n) is 3.98. The highest BCUT2D eigenvalue weighted by Gasteiger charge is 2.29. The molecule has 1 unspecified atom stereocenters. The van der Waals surface area contributed by atoms with Crippen molar-refractivity contribution < 1.29 is 19.2 Å². The Kier molecular flexibility index (Phi) is 3.10. The van der Waals surface area contributed by atoms with Gasteiger partial charge < -0.3 is 14.4 Å². The fraction of sp³-hybridized carbons (Fsp3) is 0.500. The van der Waals surface area contributed by atoms with E-state index in [1.807, 2.05) is 0 Å². The summed E-state index contributed by atoms with van der Waals surface area (Å²) in [5, 5.41) is 19.4. The number of carbonyl (C=O) groups excluding carboxylic acids is 1. The Hall–Kier alpha value is -1.89. The SMILES string of the molecule is O=C(c1ccc([N+](=O)[O-])o1)N1CCC(CO)C1. The number of hydrogen-bond acceptors (Lipinski definition) is 5. The summed E-state index contributed by atoms with van der Waals surface area (Å²) in [7, 11) is 0. The van der Waals surface area contributed by atoms with Crippen LogP contribution in [0.25, 0.3) is 0 Å². The van der Waals surface area contributed by atoms with Crippen LogP contribution in [0.2, 0.25) is 0 Å². The summed E-state index contributed by atoms with van der Waals surface area (Å²) in [5.41, 5.74) is 0. The van der Waals surface area contributed by atoms with Gasteiger partial charge in [-0.3, -0.25) is 14.9 Å². The first kappa shape index (κ1) is 11.6. The summed E-state index contributed by atoms with van der Waals surface area (Å²) in [5.74, 6) is -0.750. The molecule has 1 fully saturated rings. The van der Waals surface area contributed by atoms with Crippen LogP contribution in [0.4, 0.5) is 5.88 Å². The Morgan fingerprint density at radius 1 is 1.65 bits per heavy atom. The van der Waals surface area contributed by atoms with E-state index in [1.54, 1.807) is 0 Å². The van der Waals surface area contributed by atoms with Gasteiger partial charge in [0.05, 0.1) is 6.07 Å². The number of aliphatic hydroxyl groups is 1. The number of rotatable bonds is 3. The average Bonchev–Trinajstić information content (AvgIpc) is 2.97. The lowest BCUT2D eigenvalue weighted by atomic mass is 10.1. The number of amides is 1. The molecule has 7 heteroatoms. The Balaban J connectivity index is 2.07. The number of aliphatic hydroxyl groups excluding tert-OH is 1. The molecule has 2 heterocycles. The van der Waals surface area contributed by atoms with Gasteiger partial charge in [-0.25, -0.2) is 0 Å². The van der Waals surface area contributed by atoms with E-state index in [2.05, 4.69) is 0 Å². The van der Waals surface area contributed by atoms with E-state index < -0.39 is 10.8 Å². The van der Waals surface area contributed by atoms with E-state index >= 15 is 0 Å². The number of nitro groups is 1. The second-order valence-corrected chi connectivity index (χ2v) is 3.98. The molecule has 92 valence electrons. The van der Waals surface area contributed by atoms with Crippen molar-refractivity contribution in [3.63, 3.8) is 0 Å². The van der Waals surface area contributed by atoms with Crippen LogP contribution in [0.3, 0.4) is 0 Å². The standard InChI is InChI=1S/C10H12N2O5/c13-6-7-3-4-11(5-7)10(14)8-1-2-9(17-8)12(15)16/h1-2,7,13H,3-6H2. The molecular weight excluding hydrogens is 228 g/mol. The number of furan rings is 1. The van der Waals surface area contributed by atoms with Crippen LogP contribution in [0, 0.1) is 16.0 Å². The molecule has 1 aromatic rings. The molecule has 1 saturated heterocycles. The minimum Gasteiger partial charge on any atom is -0.396 e. The molecule has 0 aliphatic carbocycles. The molecule has 0 saturated carbocycles. The third-order valence-electron chi connectivity index (χ3n) is 2.81. The summed E-state index contributed by atoms with van der Waals surface area (Å²) >= 11 is 0. The van der Waals surface area contributed by atoms with Gasteiger partial charge in [0, 0.05) is 25.6 Å². The minimum atomic E-state index is -0.683. The highest BCUT2D eigenvalue weighted by molar-refractivity contribution is 5.91. The Bertz CT molecular complexity index is 442. The quantitative estimate of drug-likeness (QED) is 0.617. The predicted octanol–water partition coefficient (Wildman–Crippen LogP) is 0.642. The molecule has 0 radical (unpaired) electrons. The van der Waals surface area contributed by atoms with Crippen molar-refractivity contribution in [3.8, 4) is 0 Å². The smallest absolute Gasteiger partial charge is 0.396 e. The number of carbonyl (C=O) groups is 1. The maximum absolute atomic E-state index is 11.9. The Labute approximate surface area is 96.8 Å². The maximum atomic E-state index is 11.9. The van der Waals surface area contributed by atoms with Crippen LogP contribution in [-0.4, -0.2) is 40.5 Å². The van der Waals surface area contributed by atoms with Crippen molar-refractivity contribution in [2.24, 2.45) is 5.92 Å². The third-order valence-corrected chi connectivity index (χ3v) is 2.81. The van der Waals surface area contributed by atoms with E-state index in [0.717, 1.165) is 12.5 Å². The molecule has 1 aromatic heterocycles. The molecule has 17 heavy (non-hydrogen) atoms. The van der Waals surface area contributed by atoms with Gasteiger partial charge in [0.15, 0.2) is 5.76 Å². The zero-order chi connectivity index (χ0) is 12.4. The summed E-state index contributed by atoms with van der Waals surface area (Å²) in [4.78, 5) is 23.1. The van der Waals surface area contributed by atoms with Crippen LogP contribution >= 0.6 is 0 Å². The average molecular weight is 240 g/mol. The fourth-order valence-corrected chi connectivity index (χ4v) is 1.86. The van der Waals surface area contributed by atoms with Crippen molar-refractivity contribution in [2.45, 2.75) is 6.42 Å². The van der Waals surface area contributed by atoms with Gasteiger partial charge in [0.1, 0.15) is 4.92 Å². The molecule has 0 aromatic carbocycles. The molecule has 0 bridgehead atoms. The van der Waals surface area contributed by atoms with Crippen LogP contribution < -0.4 is 0 Å². The molecule has 1 aliphatic rings. The van der Waals surface area contributed by atoms with Gasteiger partial charge in [-0.05, 0) is 12.5 Å². The number of hydrogen-bond donors (Lipinski definition) is 1. The van der Waals surface area contributed by atoms with Crippen molar-refractivity contribution in [3.05, 3.63) is 28.0 Å². The second kappa shape index (κ2) is 4.54. The lowest BCUT2D eigenvalue weighted by Gasteiger charge is -2.13. The molecular formula is C10H12N2O5. The lowest BCUT2D eigenvalue weighted by molar-refractivity contribution is -0.402. The van der Waals surface area contributed by atoms with Crippen molar-refractivity contribution in [1.82, 2.24) is 4.90 Å². The normalized spacial score (nSPS) is 19.6. The first-order valence-corrected chi connectivity index (χ1v) is 5.26. The maximum Gasteiger partial charge on any atom is 0.433 e. The van der Waals surface area contributed by atoms with Crippen molar-refractivity contribution >= 4 is 11.8 Å². The molecule has 7 nitrogen and oxygen atoms in total. The van der Waals surface area contributed by atoms with Crippen LogP contribution in [0.5, 0.6) is 0 Å². The number of likely N-dealkylation sites (tertiary alicyclic amines) is 1. The molecule has 1 aliphatic heterocycles. The van der Waals surface area contributed by atoms with Gasteiger partial charge >= 0.3 is 5.88 Å². The van der Waals surface area contributed by atoms with Gasteiger partial charge in [-0.2, -0.15) is 0 Å². The lowest BCUT2D eigenvalue weighted by Crippen LogP contribution is -2.28. The molecule has 1 atom stereocenters. The fourth-order valence-electron chi connectivity index (χ4n) is 1.86. The van der Waals surface area contributed by atoms with Gasteiger partial charge in [-0.15, -0.1) is 0 Å². The molecule has 1 N–H and O–H groups in total. The first-order chi connectivity index (χ1) is 8.11. The largest absolute Gasteiger partial charge is 0.433 e.